The lowest BCUT2D eigenvalue weighted by Gasteiger charge is -2.31. The quantitative estimate of drug-likeness (QED) is 0.104. The molecular weight excluding hydrogens is 620 g/mol. The standard InChI is InChI=1S/C43H64N4O3/c1-7-12-29-47-40-33-43(6,50-36-21-19-35(20-22-36)34-17-13-14-18-34)26-25-39(40)44-42(47)38-24-23-37(48-30-15-27-45(8-2)9-3)32-41(38)49-31-16-28-46(10-4)11-5/h19-26,32,34H,7-18,27-31,33H2,1-6H3. The van der Waals surface area contributed by atoms with Crippen molar-refractivity contribution in [2.45, 2.75) is 117 Å². The number of unbranched alkanes of at least 4 members (excludes halogenated alkanes) is 1. The van der Waals surface area contributed by atoms with E-state index in [-0.39, 0.29) is 0 Å². The van der Waals surface area contributed by atoms with Gasteiger partial charge in [0, 0.05) is 37.8 Å². The van der Waals surface area contributed by atoms with Gasteiger partial charge in [0.2, 0.25) is 0 Å². The van der Waals surface area contributed by atoms with Gasteiger partial charge in [-0.3, -0.25) is 0 Å². The summed E-state index contributed by atoms with van der Waals surface area (Å²) in [6.45, 7) is 21.9. The van der Waals surface area contributed by atoms with E-state index in [4.69, 9.17) is 19.2 Å². The molecular formula is C43H64N4O3. The molecule has 3 aromatic rings. The molecule has 0 radical (unpaired) electrons. The number of hydrogen-bond acceptors (Lipinski definition) is 6. The summed E-state index contributed by atoms with van der Waals surface area (Å²) in [5.74, 6) is 4.29. The van der Waals surface area contributed by atoms with Crippen LogP contribution in [-0.2, 0) is 13.0 Å². The molecule has 2 aromatic carbocycles. The summed E-state index contributed by atoms with van der Waals surface area (Å²) in [5, 5.41) is 0. The molecule has 0 aliphatic heterocycles. The number of aromatic nitrogens is 2. The highest BCUT2D eigenvalue weighted by atomic mass is 16.5. The lowest BCUT2D eigenvalue weighted by atomic mass is 9.92. The molecule has 1 aromatic heterocycles. The molecule has 274 valence electrons. The Morgan fingerprint density at radius 2 is 1.44 bits per heavy atom. The van der Waals surface area contributed by atoms with Crippen LogP contribution in [0.3, 0.4) is 0 Å². The molecule has 0 bridgehead atoms. The van der Waals surface area contributed by atoms with Crippen LogP contribution in [0, 0.1) is 0 Å². The van der Waals surface area contributed by atoms with Crippen molar-refractivity contribution in [1.82, 2.24) is 19.4 Å². The molecule has 2 aliphatic rings. The molecule has 50 heavy (non-hydrogen) atoms. The lowest BCUT2D eigenvalue weighted by Crippen LogP contribution is -2.35. The summed E-state index contributed by atoms with van der Waals surface area (Å²) in [6.07, 6.45) is 14.6. The molecule has 1 atom stereocenters. The maximum Gasteiger partial charge on any atom is 0.144 e. The van der Waals surface area contributed by atoms with Gasteiger partial charge in [-0.05, 0) is 113 Å². The maximum absolute atomic E-state index is 6.73. The molecule has 1 fully saturated rings. The smallest absolute Gasteiger partial charge is 0.144 e. The van der Waals surface area contributed by atoms with Gasteiger partial charge in [-0.25, -0.2) is 4.98 Å². The van der Waals surface area contributed by atoms with Crippen LogP contribution in [0.4, 0.5) is 0 Å². The highest BCUT2D eigenvalue weighted by Crippen LogP contribution is 2.39. The first kappa shape index (κ1) is 38.0. The van der Waals surface area contributed by atoms with E-state index in [9.17, 15) is 0 Å². The summed E-state index contributed by atoms with van der Waals surface area (Å²) < 4.78 is 22.0. The number of benzene rings is 2. The fraction of sp³-hybridized carbons (Fsp3) is 0.605. The molecule has 1 unspecified atom stereocenters. The third-order valence-corrected chi connectivity index (χ3v) is 10.8. The highest BCUT2D eigenvalue weighted by Gasteiger charge is 2.33. The minimum atomic E-state index is -0.463. The van der Waals surface area contributed by atoms with Gasteiger partial charge < -0.3 is 28.6 Å². The Kier molecular flexibility index (Phi) is 14.3. The number of fused-ring (bicyclic) bond motifs is 1. The van der Waals surface area contributed by atoms with Crippen LogP contribution in [0.15, 0.2) is 48.5 Å². The monoisotopic (exact) mass is 684 g/mol. The molecule has 1 heterocycles. The Morgan fingerprint density at radius 3 is 2.08 bits per heavy atom. The molecule has 0 N–H and O–H groups in total. The van der Waals surface area contributed by atoms with Crippen LogP contribution in [0.5, 0.6) is 17.2 Å². The van der Waals surface area contributed by atoms with Crippen molar-refractivity contribution in [3.63, 3.8) is 0 Å². The summed E-state index contributed by atoms with van der Waals surface area (Å²) >= 11 is 0. The summed E-state index contributed by atoms with van der Waals surface area (Å²) in [6, 6.07) is 15.2. The second kappa shape index (κ2) is 18.8. The number of nitrogens with zero attached hydrogens (tertiary/aromatic N) is 4. The average molecular weight is 685 g/mol. The second-order valence-electron chi connectivity index (χ2n) is 14.4. The fourth-order valence-corrected chi connectivity index (χ4v) is 7.57. The molecule has 1 saturated carbocycles. The van der Waals surface area contributed by atoms with Crippen molar-refractivity contribution in [2.24, 2.45) is 0 Å². The van der Waals surface area contributed by atoms with E-state index >= 15 is 0 Å². The number of hydrogen-bond donors (Lipinski definition) is 0. The lowest BCUT2D eigenvalue weighted by molar-refractivity contribution is 0.138. The number of ether oxygens (including phenoxy) is 3. The first-order valence-corrected chi connectivity index (χ1v) is 19.8. The first-order chi connectivity index (χ1) is 24.4. The zero-order valence-electron chi connectivity index (χ0n) is 32.0. The molecule has 2 aliphatic carbocycles. The molecule has 5 rings (SSSR count). The van der Waals surface area contributed by atoms with Gasteiger partial charge in [-0.1, -0.05) is 66.0 Å². The molecule has 0 amide bonds. The van der Waals surface area contributed by atoms with Crippen LogP contribution in [0.2, 0.25) is 0 Å². The topological polar surface area (TPSA) is 52.0 Å². The first-order valence-electron chi connectivity index (χ1n) is 19.8. The van der Waals surface area contributed by atoms with Crippen LogP contribution in [-0.4, -0.2) is 77.4 Å². The Morgan fingerprint density at radius 1 is 0.800 bits per heavy atom. The van der Waals surface area contributed by atoms with E-state index < -0.39 is 5.60 Å². The molecule has 0 saturated heterocycles. The minimum Gasteiger partial charge on any atom is -0.493 e. The Balaban J connectivity index is 1.37. The summed E-state index contributed by atoms with van der Waals surface area (Å²) in [7, 11) is 0. The van der Waals surface area contributed by atoms with Gasteiger partial charge >= 0.3 is 0 Å². The summed E-state index contributed by atoms with van der Waals surface area (Å²) in [5.41, 5.74) is 4.26. The van der Waals surface area contributed by atoms with Gasteiger partial charge in [-0.2, -0.15) is 0 Å². The van der Waals surface area contributed by atoms with Crippen molar-refractivity contribution in [3.8, 4) is 28.6 Å². The SMILES string of the molecule is CCCCn1c(-c2ccc(OCCCN(CC)CC)cc2OCCCN(CC)CC)nc2c1CC(C)(Oc1ccc(C3CCCC3)cc1)C=C2. The predicted molar refractivity (Wildman–Crippen MR) is 208 cm³/mol. The van der Waals surface area contributed by atoms with Crippen LogP contribution in [0.1, 0.15) is 116 Å². The van der Waals surface area contributed by atoms with Crippen LogP contribution < -0.4 is 14.2 Å². The van der Waals surface area contributed by atoms with Crippen LogP contribution in [0.25, 0.3) is 17.5 Å². The van der Waals surface area contributed by atoms with Crippen molar-refractivity contribution >= 4 is 6.08 Å². The second-order valence-corrected chi connectivity index (χ2v) is 14.4. The van der Waals surface area contributed by atoms with Gasteiger partial charge in [0.15, 0.2) is 0 Å². The predicted octanol–water partition coefficient (Wildman–Crippen LogP) is 9.64. The minimum absolute atomic E-state index is 0.463. The normalized spacial score (nSPS) is 17.5. The zero-order chi connectivity index (χ0) is 35.3. The van der Waals surface area contributed by atoms with Crippen molar-refractivity contribution in [2.75, 3.05) is 52.5 Å². The third-order valence-electron chi connectivity index (χ3n) is 10.8. The number of rotatable bonds is 21. The maximum atomic E-state index is 6.73. The van der Waals surface area contributed by atoms with Gasteiger partial charge in [0.1, 0.15) is 28.7 Å². The van der Waals surface area contributed by atoms with E-state index in [0.29, 0.717) is 19.1 Å². The van der Waals surface area contributed by atoms with Gasteiger partial charge in [-0.15, -0.1) is 0 Å². The molecule has 7 nitrogen and oxygen atoms in total. The van der Waals surface area contributed by atoms with E-state index in [1.165, 1.54) is 36.9 Å². The van der Waals surface area contributed by atoms with Crippen molar-refractivity contribution in [1.29, 1.82) is 0 Å². The van der Waals surface area contributed by atoms with Crippen molar-refractivity contribution in [3.05, 3.63) is 65.5 Å². The molecule has 0 spiro atoms. The van der Waals surface area contributed by atoms with Gasteiger partial charge in [0.05, 0.1) is 24.5 Å². The van der Waals surface area contributed by atoms with E-state index in [2.05, 4.69) is 111 Å². The fourth-order valence-electron chi connectivity index (χ4n) is 7.57. The highest BCUT2D eigenvalue weighted by molar-refractivity contribution is 5.70. The third kappa shape index (κ3) is 9.94. The Hall–Kier alpha value is -3.29. The van der Waals surface area contributed by atoms with E-state index in [0.717, 1.165) is 112 Å². The van der Waals surface area contributed by atoms with Crippen LogP contribution >= 0.6 is 0 Å². The number of imidazole rings is 1. The summed E-state index contributed by atoms with van der Waals surface area (Å²) in [4.78, 5) is 10.2. The van der Waals surface area contributed by atoms with Crippen molar-refractivity contribution < 1.29 is 14.2 Å². The zero-order valence-corrected chi connectivity index (χ0v) is 32.0. The Labute approximate surface area is 303 Å². The molecule has 7 heteroatoms. The van der Waals surface area contributed by atoms with E-state index in [1.807, 2.05) is 0 Å². The van der Waals surface area contributed by atoms with Gasteiger partial charge in [0.25, 0.3) is 0 Å². The Bertz CT molecular complexity index is 1480. The van der Waals surface area contributed by atoms with E-state index in [1.54, 1.807) is 0 Å². The average Bonchev–Trinajstić information content (AvgIpc) is 3.80. The largest absolute Gasteiger partial charge is 0.493 e.